The fraction of sp³-hybridized carbons (Fsp3) is 0.250. The number of hydrogen-bond donors (Lipinski definition) is 1. The lowest BCUT2D eigenvalue weighted by atomic mass is 10.3. The van der Waals surface area contributed by atoms with Crippen molar-refractivity contribution in [3.63, 3.8) is 0 Å². The summed E-state index contributed by atoms with van der Waals surface area (Å²) in [6.45, 7) is 1.76. The van der Waals surface area contributed by atoms with Gasteiger partial charge in [0.25, 0.3) is 0 Å². The van der Waals surface area contributed by atoms with Crippen LogP contribution in [0.3, 0.4) is 0 Å². The maximum absolute atomic E-state index is 5.70. The second-order valence-corrected chi connectivity index (χ2v) is 4.52. The highest BCUT2D eigenvalue weighted by Gasteiger charge is 1.98. The molecule has 2 aromatic rings. The SMILES string of the molecule is SCCOCCOc1ccc(Oc2ccccc2)cc1. The molecule has 2 rings (SSSR count). The smallest absolute Gasteiger partial charge is 0.127 e. The lowest BCUT2D eigenvalue weighted by molar-refractivity contribution is 0.112. The second-order valence-electron chi connectivity index (χ2n) is 4.07. The molecule has 3 nitrogen and oxygen atoms in total. The topological polar surface area (TPSA) is 27.7 Å². The van der Waals surface area contributed by atoms with Crippen LogP contribution in [-0.2, 0) is 4.74 Å². The molecule has 0 radical (unpaired) electrons. The molecule has 0 saturated heterocycles. The van der Waals surface area contributed by atoms with E-state index >= 15 is 0 Å². The molecule has 0 bridgehead atoms. The molecule has 0 unspecified atom stereocenters. The van der Waals surface area contributed by atoms with Crippen molar-refractivity contribution in [3.8, 4) is 17.2 Å². The molecule has 20 heavy (non-hydrogen) atoms. The molecular formula is C16H18O3S. The molecular weight excluding hydrogens is 272 g/mol. The van der Waals surface area contributed by atoms with E-state index in [4.69, 9.17) is 14.2 Å². The van der Waals surface area contributed by atoms with Crippen LogP contribution >= 0.6 is 12.6 Å². The van der Waals surface area contributed by atoms with Gasteiger partial charge >= 0.3 is 0 Å². The Balaban J connectivity index is 1.78. The Hall–Kier alpha value is -1.65. The van der Waals surface area contributed by atoms with Crippen molar-refractivity contribution in [3.05, 3.63) is 54.6 Å². The molecule has 4 heteroatoms. The summed E-state index contributed by atoms with van der Waals surface area (Å²) in [6.07, 6.45) is 0. The van der Waals surface area contributed by atoms with Crippen LogP contribution in [-0.4, -0.2) is 25.6 Å². The van der Waals surface area contributed by atoms with Crippen molar-refractivity contribution >= 4 is 12.6 Å². The highest BCUT2D eigenvalue weighted by atomic mass is 32.1. The molecule has 0 saturated carbocycles. The van der Waals surface area contributed by atoms with E-state index in [2.05, 4.69) is 12.6 Å². The molecule has 0 spiro atoms. The first-order chi connectivity index (χ1) is 9.88. The van der Waals surface area contributed by atoms with Gasteiger partial charge in [0.05, 0.1) is 13.2 Å². The van der Waals surface area contributed by atoms with E-state index in [1.165, 1.54) is 0 Å². The van der Waals surface area contributed by atoms with E-state index in [9.17, 15) is 0 Å². The summed E-state index contributed by atoms with van der Waals surface area (Å²) in [5, 5.41) is 0. The van der Waals surface area contributed by atoms with Gasteiger partial charge in [-0.25, -0.2) is 0 Å². The van der Waals surface area contributed by atoms with Crippen LogP contribution in [0.4, 0.5) is 0 Å². The summed E-state index contributed by atoms with van der Waals surface area (Å²) in [5.74, 6) is 3.14. The number of para-hydroxylation sites is 1. The number of ether oxygens (including phenoxy) is 3. The molecule has 0 aliphatic heterocycles. The first kappa shape index (κ1) is 14.8. The predicted molar refractivity (Wildman–Crippen MR) is 83.1 cm³/mol. The summed E-state index contributed by atoms with van der Waals surface area (Å²) in [7, 11) is 0. The molecule has 0 aliphatic rings. The van der Waals surface area contributed by atoms with Gasteiger partial charge in [-0.15, -0.1) is 0 Å². The van der Waals surface area contributed by atoms with E-state index in [0.29, 0.717) is 19.8 Å². The summed E-state index contributed by atoms with van der Waals surface area (Å²) in [6, 6.07) is 17.2. The van der Waals surface area contributed by atoms with Gasteiger partial charge in [-0.1, -0.05) is 18.2 Å². The number of hydrogen-bond acceptors (Lipinski definition) is 4. The van der Waals surface area contributed by atoms with Gasteiger partial charge in [0.1, 0.15) is 23.9 Å². The fourth-order valence-corrected chi connectivity index (χ4v) is 1.74. The predicted octanol–water partition coefficient (Wildman–Crippen LogP) is 3.80. The molecule has 0 heterocycles. The molecule has 0 N–H and O–H groups in total. The number of benzene rings is 2. The Morgan fingerprint density at radius 3 is 2.05 bits per heavy atom. The van der Waals surface area contributed by atoms with E-state index in [0.717, 1.165) is 23.0 Å². The normalized spacial score (nSPS) is 10.2. The van der Waals surface area contributed by atoms with Crippen LogP contribution in [0.25, 0.3) is 0 Å². The highest BCUT2D eigenvalue weighted by molar-refractivity contribution is 7.80. The second kappa shape index (κ2) is 8.51. The van der Waals surface area contributed by atoms with Crippen LogP contribution in [0, 0.1) is 0 Å². The summed E-state index contributed by atoms with van der Waals surface area (Å²) >= 11 is 4.07. The van der Waals surface area contributed by atoms with Crippen molar-refractivity contribution in [2.24, 2.45) is 0 Å². The van der Waals surface area contributed by atoms with Crippen LogP contribution in [0.2, 0.25) is 0 Å². The Morgan fingerprint density at radius 2 is 1.35 bits per heavy atom. The Kier molecular flexibility index (Phi) is 6.27. The van der Waals surface area contributed by atoms with E-state index in [-0.39, 0.29) is 0 Å². The average molecular weight is 290 g/mol. The monoisotopic (exact) mass is 290 g/mol. The van der Waals surface area contributed by atoms with Gasteiger partial charge in [0, 0.05) is 5.75 Å². The number of rotatable bonds is 8. The van der Waals surface area contributed by atoms with Crippen LogP contribution in [0.15, 0.2) is 54.6 Å². The fourth-order valence-electron chi connectivity index (χ4n) is 1.61. The lowest BCUT2D eigenvalue weighted by Crippen LogP contribution is -2.07. The minimum absolute atomic E-state index is 0.534. The molecule has 106 valence electrons. The van der Waals surface area contributed by atoms with Crippen molar-refractivity contribution in [1.82, 2.24) is 0 Å². The van der Waals surface area contributed by atoms with Crippen LogP contribution < -0.4 is 9.47 Å². The van der Waals surface area contributed by atoms with E-state index in [1.807, 2.05) is 54.6 Å². The van der Waals surface area contributed by atoms with Crippen molar-refractivity contribution in [2.75, 3.05) is 25.6 Å². The van der Waals surface area contributed by atoms with Gasteiger partial charge in [0.15, 0.2) is 0 Å². The average Bonchev–Trinajstić information content (AvgIpc) is 2.50. The lowest BCUT2D eigenvalue weighted by Gasteiger charge is -2.08. The molecule has 0 amide bonds. The van der Waals surface area contributed by atoms with Gasteiger partial charge in [-0.2, -0.15) is 12.6 Å². The third-order valence-electron chi connectivity index (χ3n) is 2.53. The van der Waals surface area contributed by atoms with Crippen LogP contribution in [0.1, 0.15) is 0 Å². The minimum Gasteiger partial charge on any atom is -0.491 e. The first-order valence-corrected chi connectivity index (χ1v) is 7.16. The van der Waals surface area contributed by atoms with Gasteiger partial charge in [0.2, 0.25) is 0 Å². The Bertz CT molecular complexity index is 485. The van der Waals surface area contributed by atoms with Crippen molar-refractivity contribution < 1.29 is 14.2 Å². The zero-order chi connectivity index (χ0) is 14.0. The van der Waals surface area contributed by atoms with Crippen molar-refractivity contribution in [1.29, 1.82) is 0 Å². The first-order valence-electron chi connectivity index (χ1n) is 6.53. The van der Waals surface area contributed by atoms with Crippen molar-refractivity contribution in [2.45, 2.75) is 0 Å². The minimum atomic E-state index is 0.534. The zero-order valence-electron chi connectivity index (χ0n) is 11.2. The van der Waals surface area contributed by atoms with E-state index < -0.39 is 0 Å². The standard InChI is InChI=1S/C16H18O3S/c20-13-12-17-10-11-18-14-6-8-16(9-7-14)19-15-4-2-1-3-5-15/h1-9,20H,10-13H2. The third-order valence-corrected chi connectivity index (χ3v) is 2.72. The maximum Gasteiger partial charge on any atom is 0.127 e. The largest absolute Gasteiger partial charge is 0.491 e. The van der Waals surface area contributed by atoms with Gasteiger partial charge < -0.3 is 14.2 Å². The van der Waals surface area contributed by atoms with E-state index in [1.54, 1.807) is 0 Å². The molecule has 0 fully saturated rings. The third kappa shape index (κ3) is 5.15. The quantitative estimate of drug-likeness (QED) is 0.592. The highest BCUT2D eigenvalue weighted by Crippen LogP contribution is 2.23. The summed E-state index contributed by atoms with van der Waals surface area (Å²) in [5.41, 5.74) is 0. The maximum atomic E-state index is 5.70. The Morgan fingerprint density at radius 1 is 0.700 bits per heavy atom. The summed E-state index contributed by atoms with van der Waals surface area (Å²) < 4.78 is 16.5. The van der Waals surface area contributed by atoms with Gasteiger partial charge in [-0.3, -0.25) is 0 Å². The Labute approximate surface area is 124 Å². The van der Waals surface area contributed by atoms with Gasteiger partial charge in [-0.05, 0) is 36.4 Å². The zero-order valence-corrected chi connectivity index (χ0v) is 12.1. The van der Waals surface area contributed by atoms with Crippen LogP contribution in [0.5, 0.6) is 17.2 Å². The molecule has 2 aromatic carbocycles. The number of thiol groups is 1. The summed E-state index contributed by atoms with van der Waals surface area (Å²) in [4.78, 5) is 0. The molecule has 0 aromatic heterocycles. The molecule has 0 atom stereocenters. The molecule has 0 aliphatic carbocycles.